The fourth-order valence-corrected chi connectivity index (χ4v) is 3.96. The standard InChI is InChI=1S/C27H25N3O2S/c1-33-22-13-11-19(12-14-22)17-25(30-26(31)20-7-3-2-4-8-20)27(32)28-16-15-21-18-29-24-10-6-5-9-23(21)24/h2-14,17-18,29H,15-16H2,1H3,(H,28,32)(H,30,31). The molecule has 4 aromatic rings. The molecule has 0 spiro atoms. The van der Waals surface area contributed by atoms with Crippen LogP contribution >= 0.6 is 11.8 Å². The number of fused-ring (bicyclic) bond motifs is 1. The number of thioether (sulfide) groups is 1. The maximum absolute atomic E-state index is 13.0. The monoisotopic (exact) mass is 455 g/mol. The zero-order valence-electron chi connectivity index (χ0n) is 18.3. The van der Waals surface area contributed by atoms with E-state index in [0.29, 0.717) is 18.5 Å². The third kappa shape index (κ3) is 5.73. The van der Waals surface area contributed by atoms with Crippen LogP contribution in [0.25, 0.3) is 17.0 Å². The summed E-state index contributed by atoms with van der Waals surface area (Å²) in [5.74, 6) is -0.651. The molecule has 1 aromatic heterocycles. The molecule has 6 heteroatoms. The molecule has 0 aliphatic carbocycles. The first-order chi connectivity index (χ1) is 16.1. The Labute approximate surface area is 197 Å². The van der Waals surface area contributed by atoms with Gasteiger partial charge < -0.3 is 15.6 Å². The molecule has 5 nitrogen and oxygen atoms in total. The molecule has 0 saturated heterocycles. The third-order valence-corrected chi connectivity index (χ3v) is 6.05. The summed E-state index contributed by atoms with van der Waals surface area (Å²) in [6.45, 7) is 0.449. The molecule has 3 N–H and O–H groups in total. The van der Waals surface area contributed by atoms with Gasteiger partial charge in [-0.25, -0.2) is 0 Å². The topological polar surface area (TPSA) is 74.0 Å². The van der Waals surface area contributed by atoms with E-state index in [2.05, 4.69) is 21.7 Å². The summed E-state index contributed by atoms with van der Waals surface area (Å²) in [6.07, 6.45) is 6.36. The van der Waals surface area contributed by atoms with Gasteiger partial charge in [0, 0.05) is 34.1 Å². The van der Waals surface area contributed by atoms with Gasteiger partial charge in [0.1, 0.15) is 5.70 Å². The first-order valence-electron chi connectivity index (χ1n) is 10.7. The van der Waals surface area contributed by atoms with Crippen molar-refractivity contribution >= 4 is 40.6 Å². The lowest BCUT2D eigenvalue weighted by Crippen LogP contribution is -2.35. The van der Waals surface area contributed by atoms with E-state index in [4.69, 9.17) is 0 Å². The molecule has 0 aliphatic rings. The van der Waals surface area contributed by atoms with E-state index in [0.717, 1.165) is 26.9 Å². The van der Waals surface area contributed by atoms with Crippen molar-refractivity contribution in [1.82, 2.24) is 15.6 Å². The molecule has 0 atom stereocenters. The van der Waals surface area contributed by atoms with E-state index < -0.39 is 0 Å². The molecule has 2 amide bonds. The zero-order valence-corrected chi connectivity index (χ0v) is 19.1. The van der Waals surface area contributed by atoms with Crippen molar-refractivity contribution < 1.29 is 9.59 Å². The Bertz CT molecular complexity index is 1280. The second-order valence-corrected chi connectivity index (χ2v) is 8.40. The van der Waals surface area contributed by atoms with Gasteiger partial charge >= 0.3 is 0 Å². The number of nitrogens with one attached hydrogen (secondary N) is 3. The molecule has 0 saturated carbocycles. The maximum atomic E-state index is 13.0. The van der Waals surface area contributed by atoms with Gasteiger partial charge in [-0.15, -0.1) is 11.8 Å². The molecule has 3 aromatic carbocycles. The van der Waals surface area contributed by atoms with Crippen LogP contribution in [0.1, 0.15) is 21.5 Å². The molecular weight excluding hydrogens is 430 g/mol. The lowest BCUT2D eigenvalue weighted by atomic mass is 10.1. The third-order valence-electron chi connectivity index (χ3n) is 5.31. The van der Waals surface area contributed by atoms with Crippen LogP contribution in [0.15, 0.2) is 95.7 Å². The average molecular weight is 456 g/mol. The summed E-state index contributed by atoms with van der Waals surface area (Å²) < 4.78 is 0. The summed E-state index contributed by atoms with van der Waals surface area (Å²) >= 11 is 1.65. The Morgan fingerprint density at radius 2 is 1.67 bits per heavy atom. The van der Waals surface area contributed by atoms with Crippen LogP contribution in [0.2, 0.25) is 0 Å². The fraction of sp³-hybridized carbons (Fsp3) is 0.111. The van der Waals surface area contributed by atoms with Gasteiger partial charge in [0.05, 0.1) is 0 Å². The van der Waals surface area contributed by atoms with E-state index in [1.807, 2.05) is 61.0 Å². The van der Waals surface area contributed by atoms with Crippen molar-refractivity contribution in [2.45, 2.75) is 11.3 Å². The number of H-pyrrole nitrogens is 1. The molecular formula is C27H25N3O2S. The molecule has 0 unspecified atom stereocenters. The number of rotatable bonds is 8. The highest BCUT2D eigenvalue weighted by molar-refractivity contribution is 7.98. The maximum Gasteiger partial charge on any atom is 0.267 e. The Balaban J connectivity index is 1.49. The smallest absolute Gasteiger partial charge is 0.267 e. The van der Waals surface area contributed by atoms with Gasteiger partial charge in [0.25, 0.3) is 11.8 Å². The minimum Gasteiger partial charge on any atom is -0.361 e. The van der Waals surface area contributed by atoms with Crippen LogP contribution in [0.4, 0.5) is 0 Å². The highest BCUT2D eigenvalue weighted by Gasteiger charge is 2.15. The minimum absolute atomic E-state index is 0.208. The molecule has 0 aliphatic heterocycles. The SMILES string of the molecule is CSc1ccc(C=C(NC(=O)c2ccccc2)C(=O)NCCc2c[nH]c3ccccc23)cc1. The zero-order chi connectivity index (χ0) is 23.0. The normalized spacial score (nSPS) is 11.4. The summed E-state index contributed by atoms with van der Waals surface area (Å²) in [6, 6.07) is 24.8. The highest BCUT2D eigenvalue weighted by atomic mass is 32.2. The van der Waals surface area contributed by atoms with E-state index in [1.54, 1.807) is 42.1 Å². The molecule has 0 fully saturated rings. The van der Waals surface area contributed by atoms with Crippen molar-refractivity contribution in [3.63, 3.8) is 0 Å². The minimum atomic E-state index is -0.326. The predicted octanol–water partition coefficient (Wildman–Crippen LogP) is 5.02. The summed E-state index contributed by atoms with van der Waals surface area (Å²) in [7, 11) is 0. The number of para-hydroxylation sites is 1. The molecule has 1 heterocycles. The van der Waals surface area contributed by atoms with Gasteiger partial charge in [-0.05, 0) is 60.2 Å². The van der Waals surface area contributed by atoms with Gasteiger partial charge in [0.15, 0.2) is 0 Å². The van der Waals surface area contributed by atoms with Crippen LogP contribution in [0.5, 0.6) is 0 Å². The number of carbonyl (C=O) groups is 2. The van der Waals surface area contributed by atoms with Crippen LogP contribution in [-0.4, -0.2) is 29.6 Å². The average Bonchev–Trinajstić information content (AvgIpc) is 3.27. The van der Waals surface area contributed by atoms with Gasteiger partial charge in [-0.3, -0.25) is 9.59 Å². The largest absolute Gasteiger partial charge is 0.361 e. The van der Waals surface area contributed by atoms with Gasteiger partial charge in [-0.1, -0.05) is 48.5 Å². The summed E-state index contributed by atoms with van der Waals surface area (Å²) in [5.41, 5.74) is 3.75. The van der Waals surface area contributed by atoms with Crippen molar-refractivity contribution in [2.75, 3.05) is 12.8 Å². The van der Waals surface area contributed by atoms with Crippen molar-refractivity contribution in [2.24, 2.45) is 0 Å². The second kappa shape index (κ2) is 10.7. The molecule has 33 heavy (non-hydrogen) atoms. The number of benzene rings is 3. The number of hydrogen-bond acceptors (Lipinski definition) is 3. The fourth-order valence-electron chi connectivity index (χ4n) is 3.55. The first kappa shape index (κ1) is 22.4. The lowest BCUT2D eigenvalue weighted by molar-refractivity contribution is -0.117. The number of amides is 2. The first-order valence-corrected chi connectivity index (χ1v) is 11.9. The molecule has 166 valence electrons. The van der Waals surface area contributed by atoms with E-state index >= 15 is 0 Å². The number of aromatic nitrogens is 1. The van der Waals surface area contributed by atoms with Crippen LogP contribution in [0.3, 0.4) is 0 Å². The lowest BCUT2D eigenvalue weighted by Gasteiger charge is -2.11. The molecule has 0 radical (unpaired) electrons. The Hall–Kier alpha value is -3.77. The number of carbonyl (C=O) groups excluding carboxylic acids is 2. The van der Waals surface area contributed by atoms with E-state index in [1.165, 1.54) is 0 Å². The number of aromatic amines is 1. The van der Waals surface area contributed by atoms with Gasteiger partial charge in [0.2, 0.25) is 0 Å². The molecule has 0 bridgehead atoms. The predicted molar refractivity (Wildman–Crippen MR) is 135 cm³/mol. The Kier molecular flexibility index (Phi) is 7.27. The van der Waals surface area contributed by atoms with E-state index in [9.17, 15) is 9.59 Å². The van der Waals surface area contributed by atoms with Crippen molar-refractivity contribution in [3.8, 4) is 0 Å². The van der Waals surface area contributed by atoms with E-state index in [-0.39, 0.29) is 17.5 Å². The van der Waals surface area contributed by atoms with Crippen molar-refractivity contribution in [3.05, 3.63) is 107 Å². The highest BCUT2D eigenvalue weighted by Crippen LogP contribution is 2.18. The van der Waals surface area contributed by atoms with Crippen LogP contribution in [0, 0.1) is 0 Å². The summed E-state index contributed by atoms with van der Waals surface area (Å²) in [4.78, 5) is 30.1. The number of hydrogen-bond donors (Lipinski definition) is 3. The molecule has 4 rings (SSSR count). The summed E-state index contributed by atoms with van der Waals surface area (Å²) in [5, 5.41) is 6.87. The Morgan fingerprint density at radius 1 is 0.939 bits per heavy atom. The second-order valence-electron chi connectivity index (χ2n) is 7.52. The van der Waals surface area contributed by atoms with Crippen molar-refractivity contribution in [1.29, 1.82) is 0 Å². The quantitative estimate of drug-likeness (QED) is 0.258. The van der Waals surface area contributed by atoms with Crippen LogP contribution in [-0.2, 0) is 11.2 Å². The van der Waals surface area contributed by atoms with Crippen LogP contribution < -0.4 is 10.6 Å². The van der Waals surface area contributed by atoms with Gasteiger partial charge in [-0.2, -0.15) is 0 Å². The Morgan fingerprint density at radius 3 is 2.42 bits per heavy atom.